The molecule has 21 heavy (non-hydrogen) atoms. The average molecular weight is 299 g/mol. The first-order valence-electron chi connectivity index (χ1n) is 6.77. The van der Waals surface area contributed by atoms with Crippen LogP contribution in [0.15, 0.2) is 48.5 Å². The van der Waals surface area contributed by atoms with Gasteiger partial charge in [-0.15, -0.1) is 0 Å². The lowest BCUT2D eigenvalue weighted by molar-refractivity contribution is -0.114. The van der Waals surface area contributed by atoms with E-state index in [9.17, 15) is 4.79 Å². The Kier molecular flexibility index (Phi) is 3.67. The summed E-state index contributed by atoms with van der Waals surface area (Å²) in [5.41, 5.74) is 9.34. The molecule has 1 heterocycles. The second kappa shape index (κ2) is 5.62. The van der Waals surface area contributed by atoms with Crippen LogP contribution in [0.5, 0.6) is 0 Å². The molecule has 3 nitrogen and oxygen atoms in total. The number of rotatable bonds is 2. The van der Waals surface area contributed by atoms with E-state index in [1.54, 1.807) is 29.2 Å². The molecule has 0 radical (unpaired) electrons. The zero-order valence-corrected chi connectivity index (χ0v) is 12.2. The summed E-state index contributed by atoms with van der Waals surface area (Å²) in [6, 6.07) is 13.3. The molecule has 0 bridgehead atoms. The summed E-state index contributed by atoms with van der Waals surface area (Å²) >= 11 is 5.88. The molecule has 2 aromatic carbocycles. The zero-order valence-electron chi connectivity index (χ0n) is 11.4. The van der Waals surface area contributed by atoms with Gasteiger partial charge < -0.3 is 10.6 Å². The Morgan fingerprint density at radius 2 is 2.05 bits per heavy atom. The number of benzene rings is 2. The topological polar surface area (TPSA) is 46.3 Å². The molecule has 4 heteroatoms. The van der Waals surface area contributed by atoms with Crippen LogP contribution in [0.1, 0.15) is 11.1 Å². The van der Waals surface area contributed by atoms with Gasteiger partial charge in [-0.2, -0.15) is 0 Å². The smallest absolute Gasteiger partial charge is 0.251 e. The lowest BCUT2D eigenvalue weighted by Gasteiger charge is -2.14. The largest absolute Gasteiger partial charge is 0.398 e. The van der Waals surface area contributed by atoms with Gasteiger partial charge in [-0.05, 0) is 41.8 Å². The molecule has 2 N–H and O–H groups in total. The van der Waals surface area contributed by atoms with Crippen LogP contribution in [0.4, 0.5) is 11.4 Å². The number of carbonyl (C=O) groups excluding carboxylic acids is 1. The summed E-state index contributed by atoms with van der Waals surface area (Å²) in [6.45, 7) is 0.727. The third-order valence-corrected chi connectivity index (χ3v) is 3.94. The molecule has 0 fully saturated rings. The second-order valence-electron chi connectivity index (χ2n) is 4.98. The van der Waals surface area contributed by atoms with E-state index < -0.39 is 0 Å². The van der Waals surface area contributed by atoms with Gasteiger partial charge >= 0.3 is 0 Å². The van der Waals surface area contributed by atoms with Crippen molar-refractivity contribution >= 4 is 35.0 Å². The van der Waals surface area contributed by atoms with E-state index in [0.717, 1.165) is 24.2 Å². The number of fused-ring (bicyclic) bond motifs is 1. The lowest BCUT2D eigenvalue weighted by Crippen LogP contribution is -2.26. The van der Waals surface area contributed by atoms with Crippen molar-refractivity contribution in [3.63, 3.8) is 0 Å². The predicted molar refractivity (Wildman–Crippen MR) is 87.4 cm³/mol. The van der Waals surface area contributed by atoms with Gasteiger partial charge in [0.15, 0.2) is 0 Å². The average Bonchev–Trinajstić information content (AvgIpc) is 2.92. The third-order valence-electron chi connectivity index (χ3n) is 3.59. The molecule has 1 aliphatic rings. The molecule has 1 aliphatic heterocycles. The van der Waals surface area contributed by atoms with Crippen LogP contribution in [0.25, 0.3) is 6.08 Å². The molecule has 0 aliphatic carbocycles. The van der Waals surface area contributed by atoms with Gasteiger partial charge in [0.1, 0.15) is 0 Å². The highest BCUT2D eigenvalue weighted by molar-refractivity contribution is 6.33. The molecule has 0 unspecified atom stereocenters. The van der Waals surface area contributed by atoms with Gasteiger partial charge in [-0.1, -0.05) is 35.9 Å². The van der Waals surface area contributed by atoms with E-state index in [1.807, 2.05) is 24.3 Å². The SMILES string of the molecule is Nc1cc(/C=C/C(=O)N2CCc3ccccc32)ccc1Cl. The van der Waals surface area contributed by atoms with Gasteiger partial charge in [-0.25, -0.2) is 0 Å². The number of halogens is 1. The number of para-hydroxylation sites is 1. The number of hydrogen-bond acceptors (Lipinski definition) is 2. The molecular formula is C17H15ClN2O. The predicted octanol–water partition coefficient (Wildman–Crippen LogP) is 3.52. The fourth-order valence-electron chi connectivity index (χ4n) is 2.49. The maximum Gasteiger partial charge on any atom is 0.251 e. The number of anilines is 2. The van der Waals surface area contributed by atoms with E-state index in [1.165, 1.54) is 5.56 Å². The highest BCUT2D eigenvalue weighted by Crippen LogP contribution is 2.27. The quantitative estimate of drug-likeness (QED) is 0.681. The molecule has 0 atom stereocenters. The van der Waals surface area contributed by atoms with Crippen LogP contribution < -0.4 is 10.6 Å². The number of nitrogens with zero attached hydrogens (tertiary/aromatic N) is 1. The summed E-state index contributed by atoms with van der Waals surface area (Å²) in [7, 11) is 0. The van der Waals surface area contributed by atoms with Crippen LogP contribution in [0.3, 0.4) is 0 Å². The highest BCUT2D eigenvalue weighted by atomic mass is 35.5. The number of carbonyl (C=O) groups is 1. The second-order valence-corrected chi connectivity index (χ2v) is 5.39. The molecule has 0 aromatic heterocycles. The van der Waals surface area contributed by atoms with Gasteiger partial charge in [-0.3, -0.25) is 4.79 Å². The number of hydrogen-bond donors (Lipinski definition) is 1. The van der Waals surface area contributed by atoms with Crippen molar-refractivity contribution in [2.24, 2.45) is 0 Å². The highest BCUT2D eigenvalue weighted by Gasteiger charge is 2.22. The Balaban J connectivity index is 1.78. The van der Waals surface area contributed by atoms with Crippen molar-refractivity contribution in [2.75, 3.05) is 17.2 Å². The van der Waals surface area contributed by atoms with Gasteiger partial charge in [0, 0.05) is 18.3 Å². The molecule has 0 saturated carbocycles. The molecule has 0 spiro atoms. The van der Waals surface area contributed by atoms with E-state index in [0.29, 0.717) is 10.7 Å². The molecule has 3 rings (SSSR count). The summed E-state index contributed by atoms with van der Waals surface area (Å²) in [5, 5.41) is 0.520. The van der Waals surface area contributed by atoms with Crippen molar-refractivity contribution in [1.82, 2.24) is 0 Å². The molecule has 2 aromatic rings. The minimum Gasteiger partial charge on any atom is -0.398 e. The summed E-state index contributed by atoms with van der Waals surface area (Å²) in [6.07, 6.45) is 4.24. The zero-order chi connectivity index (χ0) is 14.8. The first kappa shape index (κ1) is 13.7. The first-order chi connectivity index (χ1) is 10.1. The minimum atomic E-state index is -0.0199. The normalized spacial score (nSPS) is 13.7. The van der Waals surface area contributed by atoms with Crippen molar-refractivity contribution in [3.8, 4) is 0 Å². The maximum absolute atomic E-state index is 12.3. The standard InChI is InChI=1S/C17H15ClN2O/c18-14-7-5-12(11-15(14)19)6-8-17(21)20-10-9-13-3-1-2-4-16(13)20/h1-8,11H,9-10,19H2/b8-6+. The minimum absolute atomic E-state index is 0.0199. The van der Waals surface area contributed by atoms with Crippen molar-refractivity contribution in [1.29, 1.82) is 0 Å². The first-order valence-corrected chi connectivity index (χ1v) is 7.15. The number of nitrogens with two attached hydrogens (primary N) is 1. The fourth-order valence-corrected chi connectivity index (χ4v) is 2.61. The Morgan fingerprint density at radius 1 is 1.24 bits per heavy atom. The van der Waals surface area contributed by atoms with Crippen LogP contribution in [0.2, 0.25) is 5.02 Å². The number of nitrogen functional groups attached to an aromatic ring is 1. The summed E-state index contributed by atoms with van der Waals surface area (Å²) in [5.74, 6) is -0.0199. The van der Waals surface area contributed by atoms with Gasteiger partial charge in [0.2, 0.25) is 0 Å². The molecular weight excluding hydrogens is 284 g/mol. The Labute approximate surface area is 128 Å². The summed E-state index contributed by atoms with van der Waals surface area (Å²) in [4.78, 5) is 14.1. The summed E-state index contributed by atoms with van der Waals surface area (Å²) < 4.78 is 0. The van der Waals surface area contributed by atoms with E-state index in [-0.39, 0.29) is 5.91 Å². The lowest BCUT2D eigenvalue weighted by atomic mass is 10.2. The Morgan fingerprint density at radius 3 is 2.86 bits per heavy atom. The van der Waals surface area contributed by atoms with Crippen LogP contribution in [-0.2, 0) is 11.2 Å². The van der Waals surface area contributed by atoms with Crippen LogP contribution in [0, 0.1) is 0 Å². The Bertz CT molecular complexity index is 724. The van der Waals surface area contributed by atoms with Crippen molar-refractivity contribution in [3.05, 3.63) is 64.7 Å². The van der Waals surface area contributed by atoms with Crippen molar-refractivity contribution < 1.29 is 4.79 Å². The molecule has 0 saturated heterocycles. The number of amides is 1. The van der Waals surface area contributed by atoms with E-state index in [2.05, 4.69) is 6.07 Å². The van der Waals surface area contributed by atoms with Gasteiger partial charge in [0.05, 0.1) is 10.7 Å². The van der Waals surface area contributed by atoms with E-state index >= 15 is 0 Å². The Hall–Kier alpha value is -2.26. The maximum atomic E-state index is 12.3. The van der Waals surface area contributed by atoms with Crippen molar-refractivity contribution in [2.45, 2.75) is 6.42 Å². The van der Waals surface area contributed by atoms with Crippen LogP contribution in [-0.4, -0.2) is 12.5 Å². The molecule has 106 valence electrons. The monoisotopic (exact) mass is 298 g/mol. The fraction of sp³-hybridized carbons (Fsp3) is 0.118. The molecule has 1 amide bonds. The third kappa shape index (κ3) is 2.78. The van der Waals surface area contributed by atoms with E-state index in [4.69, 9.17) is 17.3 Å². The van der Waals surface area contributed by atoms with Crippen LogP contribution >= 0.6 is 11.6 Å². The van der Waals surface area contributed by atoms with Gasteiger partial charge in [0.25, 0.3) is 5.91 Å².